The van der Waals surface area contributed by atoms with Crippen molar-refractivity contribution < 1.29 is 23.5 Å². The summed E-state index contributed by atoms with van der Waals surface area (Å²) in [4.78, 5) is 37.0. The summed E-state index contributed by atoms with van der Waals surface area (Å²) in [7, 11) is 4.00. The lowest BCUT2D eigenvalue weighted by Crippen LogP contribution is -2.18. The Morgan fingerprint density at radius 3 is 2.11 bits per heavy atom. The summed E-state index contributed by atoms with van der Waals surface area (Å²) in [5.41, 5.74) is 4.58. The first-order valence-corrected chi connectivity index (χ1v) is 19.8. The summed E-state index contributed by atoms with van der Waals surface area (Å²) in [6.07, 6.45) is 15.5. The lowest BCUT2D eigenvalue weighted by molar-refractivity contribution is -0.150. The van der Waals surface area contributed by atoms with Crippen molar-refractivity contribution >= 4 is 45.2 Å². The van der Waals surface area contributed by atoms with Crippen molar-refractivity contribution in [2.75, 3.05) is 25.6 Å². The van der Waals surface area contributed by atoms with Crippen LogP contribution in [0, 0.1) is 0 Å². The molecule has 53 heavy (non-hydrogen) atoms. The van der Waals surface area contributed by atoms with Gasteiger partial charge < -0.3 is 18.8 Å². The van der Waals surface area contributed by atoms with Crippen LogP contribution in [0.1, 0.15) is 121 Å². The second kappa shape index (κ2) is 20.5. The highest BCUT2D eigenvalue weighted by atomic mass is 16.5. The van der Waals surface area contributed by atoms with Gasteiger partial charge in [-0.3, -0.25) is 4.79 Å². The topological polar surface area (TPSA) is 94.2 Å². The highest BCUT2D eigenvalue weighted by Crippen LogP contribution is 2.32. The Morgan fingerprint density at radius 2 is 1.43 bits per heavy atom. The molecule has 8 nitrogen and oxygen atoms in total. The first-order valence-electron chi connectivity index (χ1n) is 19.8. The number of hydrogen-bond donors (Lipinski definition) is 0. The van der Waals surface area contributed by atoms with Crippen LogP contribution in [0.2, 0.25) is 0 Å². The Balaban J connectivity index is 1.04. The second-order valence-corrected chi connectivity index (χ2v) is 14.3. The van der Waals surface area contributed by atoms with Gasteiger partial charge in [0.2, 0.25) is 0 Å². The SMILES string of the molecule is CCCCC(CCCC)OC(=O)CCCCCCCCCCOC(=O)c1ccc(N=c2cc3oc4cc(N(C)C)ccc4nc-3c3ccccc23)cc1. The lowest BCUT2D eigenvalue weighted by atomic mass is 10.0. The molecule has 1 aliphatic carbocycles. The predicted octanol–water partition coefficient (Wildman–Crippen LogP) is 11.3. The minimum absolute atomic E-state index is 0.0277. The molecule has 0 unspecified atom stereocenters. The zero-order chi connectivity index (χ0) is 37.4. The number of ether oxygens (including phenoxy) is 2. The number of anilines is 1. The summed E-state index contributed by atoms with van der Waals surface area (Å²) in [6.45, 7) is 4.77. The van der Waals surface area contributed by atoms with Crippen molar-refractivity contribution in [3.05, 3.63) is 83.7 Å². The molecule has 0 amide bonds. The number of carbonyl (C=O) groups is 2. The quantitative estimate of drug-likeness (QED) is 0.0322. The van der Waals surface area contributed by atoms with E-state index >= 15 is 0 Å². The van der Waals surface area contributed by atoms with E-state index in [4.69, 9.17) is 23.9 Å². The standard InChI is InChI=1S/C45H57N3O5/c1-5-7-19-36(20-8-6-2)52-43(49)23-15-13-11-9-10-12-14-18-30-51-45(50)33-24-26-34(27-25-33)46-40-32-42-44(38-22-17-16-21-37(38)40)47-39-29-28-35(48(3)4)31-41(39)53-42/h16-17,21-22,24-29,31-32,36H,5-15,18-20,23,30H2,1-4H3. The van der Waals surface area contributed by atoms with E-state index in [9.17, 15) is 9.59 Å². The van der Waals surface area contributed by atoms with E-state index in [2.05, 4.69) is 13.8 Å². The van der Waals surface area contributed by atoms with Gasteiger partial charge in [-0.1, -0.05) is 102 Å². The van der Waals surface area contributed by atoms with Crippen LogP contribution < -0.4 is 10.3 Å². The highest BCUT2D eigenvalue weighted by molar-refractivity contribution is 5.96. The fourth-order valence-corrected chi connectivity index (χ4v) is 6.66. The summed E-state index contributed by atoms with van der Waals surface area (Å²) >= 11 is 0. The molecular weight excluding hydrogens is 663 g/mol. The molecule has 0 aromatic heterocycles. The molecule has 0 fully saturated rings. The molecule has 2 aliphatic rings. The monoisotopic (exact) mass is 719 g/mol. The highest BCUT2D eigenvalue weighted by Gasteiger charge is 2.16. The first-order chi connectivity index (χ1) is 25.9. The molecule has 1 heterocycles. The maximum absolute atomic E-state index is 12.7. The molecular formula is C45H57N3O5. The average Bonchev–Trinajstić information content (AvgIpc) is 3.17. The lowest BCUT2D eigenvalue weighted by Gasteiger charge is -2.17. The maximum Gasteiger partial charge on any atom is 0.338 e. The Kier molecular flexibility index (Phi) is 15.3. The molecule has 0 saturated carbocycles. The molecule has 0 N–H and O–H groups in total. The molecule has 5 rings (SSSR count). The van der Waals surface area contributed by atoms with Crippen LogP contribution in [-0.4, -0.2) is 43.7 Å². The average molecular weight is 720 g/mol. The van der Waals surface area contributed by atoms with Crippen LogP contribution in [0.3, 0.4) is 0 Å². The van der Waals surface area contributed by atoms with Gasteiger partial charge in [-0.05, 0) is 62.1 Å². The molecule has 0 bridgehead atoms. The number of esters is 2. The summed E-state index contributed by atoms with van der Waals surface area (Å²) in [5, 5.41) is 2.71. The third-order valence-electron chi connectivity index (χ3n) is 9.79. The normalized spacial score (nSPS) is 11.9. The molecule has 3 aromatic rings. The molecule has 3 aromatic carbocycles. The molecule has 282 valence electrons. The van der Waals surface area contributed by atoms with Crippen LogP contribution in [-0.2, 0) is 14.3 Å². The van der Waals surface area contributed by atoms with Crippen LogP contribution >= 0.6 is 0 Å². The van der Waals surface area contributed by atoms with Crippen LogP contribution in [0.25, 0.3) is 33.3 Å². The number of nitrogens with zero attached hydrogens (tertiary/aromatic N) is 3. The van der Waals surface area contributed by atoms with Crippen molar-refractivity contribution in [2.45, 2.75) is 116 Å². The number of carbonyl (C=O) groups excluding carboxylic acids is 2. The molecule has 0 saturated heterocycles. The van der Waals surface area contributed by atoms with Crippen LogP contribution in [0.5, 0.6) is 0 Å². The Labute approximate surface area is 315 Å². The van der Waals surface area contributed by atoms with Crippen molar-refractivity contribution in [2.24, 2.45) is 4.99 Å². The van der Waals surface area contributed by atoms with Gasteiger partial charge in [0, 0.05) is 49.1 Å². The summed E-state index contributed by atoms with van der Waals surface area (Å²) in [6, 6.07) is 23.3. The van der Waals surface area contributed by atoms with Gasteiger partial charge in [0.1, 0.15) is 17.3 Å². The van der Waals surface area contributed by atoms with E-state index in [0.717, 1.165) is 129 Å². The minimum Gasteiger partial charge on any atom is -0.462 e. The summed E-state index contributed by atoms with van der Waals surface area (Å²) in [5.74, 6) is 0.316. The van der Waals surface area contributed by atoms with Crippen LogP contribution in [0.4, 0.5) is 11.4 Å². The first kappa shape index (κ1) is 39.5. The van der Waals surface area contributed by atoms with Crippen molar-refractivity contribution in [3.8, 4) is 11.5 Å². The zero-order valence-electron chi connectivity index (χ0n) is 32.2. The molecule has 0 atom stereocenters. The van der Waals surface area contributed by atoms with E-state index in [-0.39, 0.29) is 18.0 Å². The molecule has 0 radical (unpaired) electrons. The number of unbranched alkanes of at least 4 members (excludes halogenated alkanes) is 9. The van der Waals surface area contributed by atoms with Crippen LogP contribution in [0.15, 0.2) is 82.2 Å². The fraction of sp³-hybridized carbons (Fsp3) is 0.467. The molecule has 8 heteroatoms. The smallest absolute Gasteiger partial charge is 0.338 e. The minimum atomic E-state index is -0.317. The number of hydrogen-bond acceptors (Lipinski definition) is 8. The van der Waals surface area contributed by atoms with Crippen molar-refractivity contribution in [1.29, 1.82) is 0 Å². The number of fused-ring (bicyclic) bond motifs is 4. The maximum atomic E-state index is 12.7. The molecule has 0 spiro atoms. The zero-order valence-corrected chi connectivity index (χ0v) is 32.2. The number of benzene rings is 4. The van der Waals surface area contributed by atoms with Gasteiger partial charge in [0.15, 0.2) is 11.3 Å². The number of rotatable bonds is 21. The van der Waals surface area contributed by atoms with E-state index < -0.39 is 0 Å². The van der Waals surface area contributed by atoms with Gasteiger partial charge in [-0.15, -0.1) is 0 Å². The largest absolute Gasteiger partial charge is 0.462 e. The predicted molar refractivity (Wildman–Crippen MR) is 215 cm³/mol. The third kappa shape index (κ3) is 11.6. The van der Waals surface area contributed by atoms with E-state index in [0.29, 0.717) is 29.9 Å². The van der Waals surface area contributed by atoms with E-state index in [1.807, 2.05) is 79.7 Å². The van der Waals surface area contributed by atoms with Crippen molar-refractivity contribution in [3.63, 3.8) is 0 Å². The van der Waals surface area contributed by atoms with Crippen molar-refractivity contribution in [1.82, 2.24) is 4.98 Å². The molecule has 1 aliphatic heterocycles. The van der Waals surface area contributed by atoms with E-state index in [1.54, 1.807) is 12.1 Å². The van der Waals surface area contributed by atoms with E-state index in [1.165, 1.54) is 0 Å². The Hall–Kier alpha value is -4.72. The number of aromatic nitrogens is 1. The summed E-state index contributed by atoms with van der Waals surface area (Å²) < 4.78 is 17.7. The second-order valence-electron chi connectivity index (χ2n) is 14.3. The van der Waals surface area contributed by atoms with Gasteiger partial charge >= 0.3 is 11.9 Å². The Bertz CT molecular complexity index is 1940. The van der Waals surface area contributed by atoms with Gasteiger partial charge in [-0.25, -0.2) is 14.8 Å². The van der Waals surface area contributed by atoms with Gasteiger partial charge in [-0.2, -0.15) is 0 Å². The van der Waals surface area contributed by atoms with Gasteiger partial charge in [0.25, 0.3) is 0 Å². The van der Waals surface area contributed by atoms with Gasteiger partial charge in [0.05, 0.1) is 23.2 Å². The third-order valence-corrected chi connectivity index (χ3v) is 9.79. The Morgan fingerprint density at radius 1 is 0.774 bits per heavy atom. The fourth-order valence-electron chi connectivity index (χ4n) is 6.66.